The molecule has 120 valence electrons. The van der Waals surface area contributed by atoms with Gasteiger partial charge in [0, 0.05) is 24.7 Å². The topological polar surface area (TPSA) is 112 Å². The van der Waals surface area contributed by atoms with Crippen LogP contribution in [-0.4, -0.2) is 34.3 Å². The average molecular weight is 322 g/mol. The molecule has 0 aliphatic heterocycles. The standard InChI is InChI=1S/C16H14N6O2/c1-18-15-14-9(6-13(17)21-22-14)10(7-19-15)16-20-11-4-3-8(23-2)5-12(11)24-16/h3-7H,1-2H3,(H2,17,21)(H,18,19). The van der Waals surface area contributed by atoms with E-state index < -0.39 is 0 Å². The first-order valence-corrected chi connectivity index (χ1v) is 7.24. The van der Waals surface area contributed by atoms with Gasteiger partial charge in [0.25, 0.3) is 0 Å². The molecule has 8 heteroatoms. The third-order valence-corrected chi connectivity index (χ3v) is 3.71. The summed E-state index contributed by atoms with van der Waals surface area (Å²) in [6.07, 6.45) is 1.68. The Hall–Kier alpha value is -3.42. The van der Waals surface area contributed by atoms with Crippen molar-refractivity contribution in [3.05, 3.63) is 30.5 Å². The van der Waals surface area contributed by atoms with Crippen LogP contribution >= 0.6 is 0 Å². The molecular formula is C16H14N6O2. The predicted molar refractivity (Wildman–Crippen MR) is 90.8 cm³/mol. The molecule has 1 aromatic carbocycles. The van der Waals surface area contributed by atoms with Crippen LogP contribution in [0.25, 0.3) is 33.5 Å². The summed E-state index contributed by atoms with van der Waals surface area (Å²) in [7, 11) is 3.37. The number of anilines is 2. The van der Waals surface area contributed by atoms with Crippen LogP contribution in [0.15, 0.2) is 34.9 Å². The lowest BCUT2D eigenvalue weighted by Crippen LogP contribution is -2.00. The van der Waals surface area contributed by atoms with Crippen molar-refractivity contribution >= 4 is 33.6 Å². The minimum Gasteiger partial charge on any atom is -0.497 e. The minimum atomic E-state index is 0.315. The first-order valence-electron chi connectivity index (χ1n) is 7.24. The van der Waals surface area contributed by atoms with Crippen molar-refractivity contribution in [3.8, 4) is 17.2 Å². The van der Waals surface area contributed by atoms with Gasteiger partial charge >= 0.3 is 0 Å². The van der Waals surface area contributed by atoms with Crippen molar-refractivity contribution in [2.24, 2.45) is 0 Å². The lowest BCUT2D eigenvalue weighted by Gasteiger charge is -2.06. The summed E-state index contributed by atoms with van der Waals surface area (Å²) in [4.78, 5) is 8.88. The average Bonchev–Trinajstić information content (AvgIpc) is 3.03. The Balaban J connectivity index is 1.97. The second-order valence-corrected chi connectivity index (χ2v) is 5.15. The van der Waals surface area contributed by atoms with E-state index in [0.29, 0.717) is 39.9 Å². The number of aromatic nitrogens is 4. The summed E-state index contributed by atoms with van der Waals surface area (Å²) in [6.45, 7) is 0. The van der Waals surface area contributed by atoms with Gasteiger partial charge in [0.15, 0.2) is 11.4 Å². The maximum Gasteiger partial charge on any atom is 0.229 e. The van der Waals surface area contributed by atoms with Crippen LogP contribution in [0, 0.1) is 0 Å². The number of ether oxygens (including phenoxy) is 1. The second-order valence-electron chi connectivity index (χ2n) is 5.15. The Labute approximate surface area is 136 Å². The summed E-state index contributed by atoms with van der Waals surface area (Å²) in [5.41, 5.74) is 8.45. The van der Waals surface area contributed by atoms with E-state index in [1.54, 1.807) is 32.5 Å². The largest absolute Gasteiger partial charge is 0.497 e. The number of benzene rings is 1. The quantitative estimate of drug-likeness (QED) is 0.591. The fourth-order valence-electron chi connectivity index (χ4n) is 2.55. The first-order chi connectivity index (χ1) is 11.7. The van der Waals surface area contributed by atoms with Crippen LogP contribution in [0.2, 0.25) is 0 Å². The van der Waals surface area contributed by atoms with Crippen LogP contribution in [-0.2, 0) is 0 Å². The van der Waals surface area contributed by atoms with Crippen molar-refractivity contribution in [2.45, 2.75) is 0 Å². The molecule has 0 unspecified atom stereocenters. The third-order valence-electron chi connectivity index (χ3n) is 3.71. The maximum absolute atomic E-state index is 5.88. The summed E-state index contributed by atoms with van der Waals surface area (Å²) < 4.78 is 11.1. The number of oxazole rings is 1. The van der Waals surface area contributed by atoms with E-state index in [4.69, 9.17) is 14.9 Å². The van der Waals surface area contributed by atoms with Crippen LogP contribution in [0.5, 0.6) is 5.75 Å². The van der Waals surface area contributed by atoms with Gasteiger partial charge < -0.3 is 20.2 Å². The van der Waals surface area contributed by atoms with Gasteiger partial charge in [-0.2, -0.15) is 0 Å². The fraction of sp³-hybridized carbons (Fsp3) is 0.125. The molecular weight excluding hydrogens is 308 g/mol. The zero-order chi connectivity index (χ0) is 16.7. The Morgan fingerprint density at radius 3 is 2.88 bits per heavy atom. The van der Waals surface area contributed by atoms with Gasteiger partial charge in [0.2, 0.25) is 5.89 Å². The lowest BCUT2D eigenvalue weighted by molar-refractivity contribution is 0.414. The van der Waals surface area contributed by atoms with Gasteiger partial charge in [-0.25, -0.2) is 9.97 Å². The zero-order valence-corrected chi connectivity index (χ0v) is 13.1. The number of hydrogen-bond acceptors (Lipinski definition) is 8. The van der Waals surface area contributed by atoms with E-state index >= 15 is 0 Å². The van der Waals surface area contributed by atoms with E-state index in [9.17, 15) is 0 Å². The summed E-state index contributed by atoms with van der Waals surface area (Å²) >= 11 is 0. The van der Waals surface area contributed by atoms with Gasteiger partial charge in [-0.1, -0.05) is 0 Å². The number of nitrogen functional groups attached to an aromatic ring is 1. The van der Waals surface area contributed by atoms with E-state index in [0.717, 1.165) is 10.9 Å². The highest BCUT2D eigenvalue weighted by atomic mass is 16.5. The lowest BCUT2D eigenvalue weighted by atomic mass is 10.1. The predicted octanol–water partition coefficient (Wildman–Crippen LogP) is 2.47. The number of nitrogens with one attached hydrogen (secondary N) is 1. The van der Waals surface area contributed by atoms with E-state index in [2.05, 4.69) is 25.5 Å². The van der Waals surface area contributed by atoms with Crippen molar-refractivity contribution < 1.29 is 9.15 Å². The molecule has 24 heavy (non-hydrogen) atoms. The second kappa shape index (κ2) is 5.34. The number of pyridine rings is 1. The highest BCUT2D eigenvalue weighted by molar-refractivity contribution is 5.99. The van der Waals surface area contributed by atoms with Crippen molar-refractivity contribution in [3.63, 3.8) is 0 Å². The van der Waals surface area contributed by atoms with Crippen molar-refractivity contribution in [2.75, 3.05) is 25.2 Å². The number of nitrogens with two attached hydrogens (primary N) is 1. The molecule has 3 N–H and O–H groups in total. The molecule has 0 aliphatic carbocycles. The Kier molecular flexibility index (Phi) is 3.16. The van der Waals surface area contributed by atoms with Gasteiger partial charge in [-0.15, -0.1) is 10.2 Å². The Bertz CT molecular complexity index is 1060. The van der Waals surface area contributed by atoms with Gasteiger partial charge in [0.05, 0.1) is 12.7 Å². The molecule has 0 atom stereocenters. The van der Waals surface area contributed by atoms with Crippen LogP contribution < -0.4 is 15.8 Å². The number of fused-ring (bicyclic) bond motifs is 2. The molecule has 0 saturated heterocycles. The highest BCUT2D eigenvalue weighted by Gasteiger charge is 2.16. The highest BCUT2D eigenvalue weighted by Crippen LogP contribution is 2.33. The van der Waals surface area contributed by atoms with E-state index in [1.807, 2.05) is 12.1 Å². The van der Waals surface area contributed by atoms with E-state index in [-0.39, 0.29) is 0 Å². The molecule has 0 radical (unpaired) electrons. The molecule has 0 fully saturated rings. The third kappa shape index (κ3) is 2.16. The molecule has 0 aliphatic rings. The summed E-state index contributed by atoms with van der Waals surface area (Å²) in [5, 5.41) is 11.8. The van der Waals surface area contributed by atoms with Crippen molar-refractivity contribution in [1.82, 2.24) is 20.2 Å². The zero-order valence-electron chi connectivity index (χ0n) is 13.1. The van der Waals surface area contributed by atoms with Crippen LogP contribution in [0.4, 0.5) is 11.6 Å². The Morgan fingerprint density at radius 2 is 2.08 bits per heavy atom. The number of rotatable bonds is 3. The minimum absolute atomic E-state index is 0.315. The number of nitrogens with zero attached hydrogens (tertiary/aromatic N) is 4. The Morgan fingerprint density at radius 1 is 1.21 bits per heavy atom. The maximum atomic E-state index is 5.88. The van der Waals surface area contributed by atoms with E-state index in [1.165, 1.54) is 0 Å². The van der Waals surface area contributed by atoms with Gasteiger partial charge in [-0.05, 0) is 18.2 Å². The smallest absolute Gasteiger partial charge is 0.229 e. The molecule has 4 rings (SSSR count). The van der Waals surface area contributed by atoms with Crippen LogP contribution in [0.1, 0.15) is 0 Å². The summed E-state index contributed by atoms with van der Waals surface area (Å²) in [5.74, 6) is 2.06. The van der Waals surface area contributed by atoms with Gasteiger partial charge in [0.1, 0.15) is 22.6 Å². The number of methoxy groups -OCH3 is 1. The molecule has 0 saturated carbocycles. The molecule has 3 aromatic heterocycles. The first kappa shape index (κ1) is 14.2. The van der Waals surface area contributed by atoms with Crippen molar-refractivity contribution in [1.29, 1.82) is 0 Å². The fourth-order valence-corrected chi connectivity index (χ4v) is 2.55. The van der Waals surface area contributed by atoms with Crippen LogP contribution in [0.3, 0.4) is 0 Å². The molecule has 0 amide bonds. The number of hydrogen-bond donors (Lipinski definition) is 2. The molecule has 4 aromatic rings. The molecule has 0 spiro atoms. The normalized spacial score (nSPS) is 11.1. The monoisotopic (exact) mass is 322 g/mol. The molecule has 0 bridgehead atoms. The summed E-state index contributed by atoms with van der Waals surface area (Å²) in [6, 6.07) is 7.19. The van der Waals surface area contributed by atoms with Gasteiger partial charge in [-0.3, -0.25) is 0 Å². The molecule has 8 nitrogen and oxygen atoms in total. The molecule has 3 heterocycles. The SMILES string of the molecule is CNc1ncc(-c2nc3ccc(OC)cc3o2)c2cc(N)nnc12.